The lowest BCUT2D eigenvalue weighted by Crippen LogP contribution is -2.05. The first-order valence-corrected chi connectivity index (χ1v) is 21.7. The summed E-state index contributed by atoms with van der Waals surface area (Å²) in [5.74, 6) is 3.42. The van der Waals surface area contributed by atoms with Crippen LogP contribution in [-0.2, 0) is 41.2 Å². The first-order valence-electron chi connectivity index (χ1n) is 18.6. The lowest BCUT2D eigenvalue weighted by atomic mass is 9.94. The SMILES string of the molecule is COc1cc2c(OC)cc1Cc1cc(OC)c(cc1OC)Cc1cc(OC)c(cc1OC)Cc1cc(OP(=O)(O)O)c(cc1OP(=O)(O)O)Cc1cc(OC)c(cc1OC)C2. The lowest BCUT2D eigenvalue weighted by molar-refractivity contribution is 0.276. The molecule has 16 nitrogen and oxygen atoms in total. The summed E-state index contributed by atoms with van der Waals surface area (Å²) in [7, 11) is 1.88. The van der Waals surface area contributed by atoms with Crippen molar-refractivity contribution in [1.82, 2.24) is 0 Å². The molecule has 0 fully saturated rings. The van der Waals surface area contributed by atoms with Crippen molar-refractivity contribution in [2.45, 2.75) is 32.1 Å². The third kappa shape index (κ3) is 10.3. The minimum absolute atomic E-state index is 0.103. The standard InChI is InChI=1S/C43H48O16P2/c1-50-34-16-26-10-28-18-40(56-7)30(20-38(28)54-5)12-32-22-43(59-61(47,48)49)33(23-42(32)58-60(44,45)46)13-31-21-39(55-6)29(19-41(31)57-8)11-27-17-35(51-2)25(15-37(27)53-4)9-24(34)14-36(26)52-3/h14-23H,9-13H2,1-8H3,(H2,44,45,46)(H2,47,48,49). The Balaban J connectivity index is 1.66. The van der Waals surface area contributed by atoms with Crippen LogP contribution in [0.25, 0.3) is 0 Å². The monoisotopic (exact) mass is 882 g/mol. The number of methoxy groups -OCH3 is 8. The summed E-state index contributed by atoms with van der Waals surface area (Å²) in [6.45, 7) is 0. The summed E-state index contributed by atoms with van der Waals surface area (Å²) < 4.78 is 82.3. The molecule has 10 bridgehead atoms. The molecule has 0 heterocycles. The Bertz CT molecular complexity index is 2350. The molecule has 0 saturated carbocycles. The molecular weight excluding hydrogens is 834 g/mol. The number of ether oxygens (including phenoxy) is 8. The number of rotatable bonds is 12. The van der Waals surface area contributed by atoms with E-state index in [1.165, 1.54) is 40.6 Å². The Hall–Kier alpha value is -5.60. The molecule has 5 aromatic rings. The Labute approximate surface area is 353 Å². The van der Waals surface area contributed by atoms with Gasteiger partial charge in [0, 0.05) is 87.7 Å². The van der Waals surface area contributed by atoms with E-state index in [9.17, 15) is 28.7 Å². The minimum atomic E-state index is -5.19. The van der Waals surface area contributed by atoms with Crippen molar-refractivity contribution in [3.05, 3.63) is 116 Å². The van der Waals surface area contributed by atoms with Crippen LogP contribution >= 0.6 is 15.6 Å². The van der Waals surface area contributed by atoms with Gasteiger partial charge < -0.3 is 46.9 Å². The average Bonchev–Trinajstić information content (AvgIpc) is 3.21. The molecule has 15 rings (SSSR count). The third-order valence-electron chi connectivity index (χ3n) is 10.3. The quantitative estimate of drug-likeness (QED) is 0.0916. The van der Waals surface area contributed by atoms with Crippen LogP contribution in [0.2, 0.25) is 0 Å². The van der Waals surface area contributed by atoms with Gasteiger partial charge in [-0.2, -0.15) is 0 Å². The largest absolute Gasteiger partial charge is 0.524 e. The number of phosphoric acid groups is 2. The topological polar surface area (TPSA) is 207 Å². The van der Waals surface area contributed by atoms with Crippen molar-refractivity contribution in [3.63, 3.8) is 0 Å². The summed E-state index contributed by atoms with van der Waals surface area (Å²) in [4.78, 5) is 40.2. The highest BCUT2D eigenvalue weighted by Crippen LogP contribution is 2.48. The highest BCUT2D eigenvalue weighted by molar-refractivity contribution is 7.47. The van der Waals surface area contributed by atoms with Crippen LogP contribution in [0.4, 0.5) is 0 Å². The Kier molecular flexibility index (Phi) is 13.7. The van der Waals surface area contributed by atoms with Crippen molar-refractivity contribution in [3.8, 4) is 57.5 Å². The van der Waals surface area contributed by atoms with Crippen LogP contribution in [0.5, 0.6) is 57.5 Å². The smallest absolute Gasteiger partial charge is 0.496 e. The van der Waals surface area contributed by atoms with Gasteiger partial charge in [0.05, 0.1) is 56.9 Å². The molecule has 0 atom stereocenters. The zero-order valence-corrected chi connectivity index (χ0v) is 36.7. The predicted octanol–water partition coefficient (Wildman–Crippen LogP) is 6.97. The van der Waals surface area contributed by atoms with E-state index in [4.69, 9.17) is 46.9 Å². The van der Waals surface area contributed by atoms with Gasteiger partial charge in [-0.15, -0.1) is 0 Å². The molecule has 61 heavy (non-hydrogen) atoms. The molecular formula is C43H48O16P2. The van der Waals surface area contributed by atoms with Gasteiger partial charge in [0.2, 0.25) is 0 Å². The summed E-state index contributed by atoms with van der Waals surface area (Å²) in [5.41, 5.74) is 5.76. The molecule has 0 aromatic heterocycles. The van der Waals surface area contributed by atoms with Gasteiger partial charge in [-0.3, -0.25) is 19.6 Å². The normalized spacial score (nSPS) is 12.7. The zero-order chi connectivity index (χ0) is 44.2. The van der Waals surface area contributed by atoms with Gasteiger partial charge in [0.25, 0.3) is 0 Å². The highest BCUT2D eigenvalue weighted by atomic mass is 31.2. The zero-order valence-electron chi connectivity index (χ0n) is 34.9. The second kappa shape index (κ2) is 18.6. The molecule has 0 amide bonds. The molecule has 4 N–H and O–H groups in total. The van der Waals surface area contributed by atoms with E-state index in [0.29, 0.717) is 87.5 Å². The van der Waals surface area contributed by atoms with Crippen molar-refractivity contribution in [1.29, 1.82) is 0 Å². The van der Waals surface area contributed by atoms with E-state index < -0.39 is 15.6 Å². The molecule has 0 saturated heterocycles. The summed E-state index contributed by atoms with van der Waals surface area (Å²) in [6.07, 6.45) is 0.784. The summed E-state index contributed by atoms with van der Waals surface area (Å²) >= 11 is 0. The van der Waals surface area contributed by atoms with Crippen molar-refractivity contribution >= 4 is 15.6 Å². The number of phosphoric ester groups is 2. The minimum Gasteiger partial charge on any atom is -0.496 e. The van der Waals surface area contributed by atoms with Crippen molar-refractivity contribution in [2.75, 3.05) is 56.9 Å². The molecule has 0 radical (unpaired) electrons. The van der Waals surface area contributed by atoms with Crippen LogP contribution in [0, 0.1) is 0 Å². The Morgan fingerprint density at radius 3 is 0.557 bits per heavy atom. The van der Waals surface area contributed by atoms with Gasteiger partial charge in [-0.05, 0) is 60.7 Å². The first-order chi connectivity index (χ1) is 29.0. The maximum absolute atomic E-state index is 12.4. The van der Waals surface area contributed by atoms with E-state index in [2.05, 4.69) is 0 Å². The average molecular weight is 883 g/mol. The number of hydrogen-bond acceptors (Lipinski definition) is 12. The van der Waals surface area contributed by atoms with Crippen LogP contribution < -0.4 is 46.9 Å². The molecule has 10 aliphatic rings. The van der Waals surface area contributed by atoms with Gasteiger partial charge in [0.1, 0.15) is 57.5 Å². The molecule has 18 heteroatoms. The molecule has 0 unspecified atom stereocenters. The molecule has 326 valence electrons. The summed E-state index contributed by atoms with van der Waals surface area (Å²) in [5, 5.41) is 0. The lowest BCUT2D eigenvalue weighted by Gasteiger charge is -2.21. The van der Waals surface area contributed by atoms with E-state index >= 15 is 0 Å². The summed E-state index contributed by atoms with van der Waals surface area (Å²) in [6, 6.07) is 17.1. The Morgan fingerprint density at radius 1 is 0.295 bits per heavy atom. The number of benzene rings is 5. The van der Waals surface area contributed by atoms with E-state index in [0.717, 1.165) is 22.3 Å². The molecule has 0 aliphatic heterocycles. The number of hydrogen-bond donors (Lipinski definition) is 4. The third-order valence-corrected chi connectivity index (χ3v) is 11.2. The highest BCUT2D eigenvalue weighted by Gasteiger charge is 2.27. The van der Waals surface area contributed by atoms with Gasteiger partial charge in [-0.1, -0.05) is 0 Å². The maximum Gasteiger partial charge on any atom is 0.524 e. The predicted molar refractivity (Wildman–Crippen MR) is 224 cm³/mol. The van der Waals surface area contributed by atoms with Gasteiger partial charge >= 0.3 is 15.6 Å². The van der Waals surface area contributed by atoms with Crippen molar-refractivity contribution < 1.29 is 75.6 Å². The fourth-order valence-corrected chi connectivity index (χ4v) is 8.43. The van der Waals surface area contributed by atoms with Crippen LogP contribution in [0.3, 0.4) is 0 Å². The first kappa shape index (κ1) is 44.9. The fourth-order valence-electron chi connectivity index (χ4n) is 7.57. The second-order valence-corrected chi connectivity index (χ2v) is 16.3. The van der Waals surface area contributed by atoms with E-state index in [1.807, 2.05) is 24.3 Å². The maximum atomic E-state index is 12.4. The van der Waals surface area contributed by atoms with E-state index in [-0.39, 0.29) is 35.5 Å². The molecule has 5 aromatic carbocycles. The van der Waals surface area contributed by atoms with Crippen LogP contribution in [-0.4, -0.2) is 76.5 Å². The molecule has 10 aliphatic carbocycles. The van der Waals surface area contributed by atoms with Crippen molar-refractivity contribution in [2.24, 2.45) is 0 Å². The molecule has 0 spiro atoms. The second-order valence-electron chi connectivity index (χ2n) is 14.0. The van der Waals surface area contributed by atoms with Crippen LogP contribution in [0.1, 0.15) is 55.6 Å². The van der Waals surface area contributed by atoms with Crippen LogP contribution in [0.15, 0.2) is 60.7 Å². The van der Waals surface area contributed by atoms with Gasteiger partial charge in [0.15, 0.2) is 0 Å². The fraction of sp³-hybridized carbons (Fsp3) is 0.302. The van der Waals surface area contributed by atoms with E-state index in [1.54, 1.807) is 52.7 Å². The van der Waals surface area contributed by atoms with Gasteiger partial charge in [-0.25, -0.2) is 9.13 Å². The Morgan fingerprint density at radius 2 is 0.426 bits per heavy atom.